The average Bonchev–Trinajstić information content (AvgIpc) is 2.02. The summed E-state index contributed by atoms with van der Waals surface area (Å²) in [5.74, 6) is 1.92. The first kappa shape index (κ1) is 9.94. The van der Waals surface area contributed by atoms with Gasteiger partial charge in [-0.25, -0.2) is 0 Å². The van der Waals surface area contributed by atoms with Crippen molar-refractivity contribution in [1.29, 1.82) is 0 Å². The minimum Gasteiger partial charge on any atom is -0.166 e. The fourth-order valence-corrected chi connectivity index (χ4v) is 1.02. The molecule has 0 aliphatic rings. The zero-order chi connectivity index (χ0) is 10.1. The van der Waals surface area contributed by atoms with Crippen molar-refractivity contribution in [3.05, 3.63) is 40.8 Å². The van der Waals surface area contributed by atoms with Gasteiger partial charge in [-0.2, -0.15) is 13.2 Å². The van der Waals surface area contributed by atoms with Crippen LogP contribution in [-0.2, 0) is 6.18 Å². The highest BCUT2D eigenvalue weighted by atomic mass is 35.5. The van der Waals surface area contributed by atoms with Crippen LogP contribution in [0.4, 0.5) is 13.2 Å². The Bertz CT molecular complexity index is 360. The lowest BCUT2D eigenvalue weighted by Crippen LogP contribution is -2.04. The molecular weight excluding hydrogens is 201 g/mol. The minimum absolute atomic E-state index is 0.121. The Labute approximate surface area is 78.3 Å². The number of alkyl halides is 3. The molecule has 0 nitrogen and oxygen atoms in total. The SMILES string of the molecule is [C]#Cc1ccc(C(F)(F)F)cc1Cl. The molecule has 0 amide bonds. The topological polar surface area (TPSA) is 0 Å². The predicted molar refractivity (Wildman–Crippen MR) is 42.7 cm³/mol. The van der Waals surface area contributed by atoms with Gasteiger partial charge in [0.2, 0.25) is 0 Å². The quantitative estimate of drug-likeness (QED) is 0.568. The van der Waals surface area contributed by atoms with E-state index in [1.807, 2.05) is 5.92 Å². The van der Waals surface area contributed by atoms with Gasteiger partial charge in [-0.1, -0.05) is 17.5 Å². The van der Waals surface area contributed by atoms with Crippen molar-refractivity contribution in [3.63, 3.8) is 0 Å². The molecule has 13 heavy (non-hydrogen) atoms. The van der Waals surface area contributed by atoms with Crippen LogP contribution in [0.25, 0.3) is 0 Å². The third-order valence-corrected chi connectivity index (χ3v) is 1.74. The average molecular weight is 204 g/mol. The third kappa shape index (κ3) is 2.16. The summed E-state index contributed by atoms with van der Waals surface area (Å²) in [5, 5.41) is -0.121. The molecule has 0 unspecified atom stereocenters. The van der Waals surface area contributed by atoms with Crippen LogP contribution in [-0.4, -0.2) is 0 Å². The van der Waals surface area contributed by atoms with Gasteiger partial charge < -0.3 is 0 Å². The standard InChI is InChI=1S/C9H3ClF3/c1-2-6-3-4-7(5-8(6)10)9(11,12)13/h3-5H. The molecular formula is C9H3ClF3. The van der Waals surface area contributed by atoms with Crippen LogP contribution in [0.1, 0.15) is 11.1 Å². The Morgan fingerprint density at radius 3 is 2.31 bits per heavy atom. The van der Waals surface area contributed by atoms with Crippen LogP contribution in [0.2, 0.25) is 5.02 Å². The first-order valence-corrected chi connectivity index (χ1v) is 3.62. The predicted octanol–water partition coefficient (Wildman–Crippen LogP) is 3.30. The molecule has 0 aromatic heterocycles. The van der Waals surface area contributed by atoms with E-state index in [2.05, 4.69) is 0 Å². The van der Waals surface area contributed by atoms with E-state index in [-0.39, 0.29) is 10.6 Å². The molecule has 0 aliphatic carbocycles. The maximum Gasteiger partial charge on any atom is 0.416 e. The number of halogens is 4. The maximum atomic E-state index is 12.1. The largest absolute Gasteiger partial charge is 0.416 e. The summed E-state index contributed by atoms with van der Waals surface area (Å²) < 4.78 is 36.2. The van der Waals surface area contributed by atoms with E-state index in [9.17, 15) is 13.2 Å². The Morgan fingerprint density at radius 1 is 1.31 bits per heavy atom. The summed E-state index contributed by atoms with van der Waals surface area (Å²) in [4.78, 5) is 0. The first-order valence-electron chi connectivity index (χ1n) is 3.24. The van der Waals surface area contributed by atoms with Crippen molar-refractivity contribution < 1.29 is 13.2 Å². The van der Waals surface area contributed by atoms with Gasteiger partial charge >= 0.3 is 6.18 Å². The molecule has 0 spiro atoms. The maximum absolute atomic E-state index is 12.1. The molecule has 0 heterocycles. The Balaban J connectivity index is 3.20. The summed E-state index contributed by atoms with van der Waals surface area (Å²) in [7, 11) is 0. The van der Waals surface area contributed by atoms with Gasteiger partial charge in [0.25, 0.3) is 0 Å². The van der Waals surface area contributed by atoms with Gasteiger partial charge in [0, 0.05) is 5.56 Å². The third-order valence-electron chi connectivity index (χ3n) is 1.43. The van der Waals surface area contributed by atoms with Crippen molar-refractivity contribution in [2.45, 2.75) is 6.18 Å². The molecule has 1 rings (SSSR count). The van der Waals surface area contributed by atoms with Crippen molar-refractivity contribution in [2.24, 2.45) is 0 Å². The summed E-state index contributed by atoms with van der Waals surface area (Å²) in [6.07, 6.45) is 2.30. The van der Waals surface area contributed by atoms with Crippen LogP contribution < -0.4 is 0 Å². The molecule has 67 valence electrons. The van der Waals surface area contributed by atoms with E-state index >= 15 is 0 Å². The Kier molecular flexibility index (Phi) is 2.53. The van der Waals surface area contributed by atoms with Gasteiger partial charge in [-0.3, -0.25) is 0 Å². The molecule has 0 saturated carbocycles. The summed E-state index contributed by atoms with van der Waals surface area (Å²) in [6, 6.07) is 2.75. The lowest BCUT2D eigenvalue weighted by Gasteiger charge is -2.06. The summed E-state index contributed by atoms with van der Waals surface area (Å²) in [5.41, 5.74) is -0.675. The van der Waals surface area contributed by atoms with Crippen LogP contribution >= 0.6 is 11.6 Å². The molecule has 1 radical (unpaired) electrons. The highest BCUT2D eigenvalue weighted by Crippen LogP contribution is 2.31. The van der Waals surface area contributed by atoms with Crippen molar-refractivity contribution in [2.75, 3.05) is 0 Å². The van der Waals surface area contributed by atoms with E-state index in [0.717, 1.165) is 18.2 Å². The number of hydrogen-bond acceptors (Lipinski definition) is 0. The van der Waals surface area contributed by atoms with Crippen molar-refractivity contribution in [1.82, 2.24) is 0 Å². The molecule has 0 aliphatic heterocycles. The first-order chi connectivity index (χ1) is 5.95. The highest BCUT2D eigenvalue weighted by Gasteiger charge is 2.30. The molecule has 1 aromatic rings. The van der Waals surface area contributed by atoms with Gasteiger partial charge in [0.15, 0.2) is 0 Å². The zero-order valence-corrected chi connectivity index (χ0v) is 7.00. The molecule has 1 aromatic carbocycles. The van der Waals surface area contributed by atoms with E-state index in [4.69, 9.17) is 18.0 Å². The molecule has 0 fully saturated rings. The lowest BCUT2D eigenvalue weighted by molar-refractivity contribution is -0.137. The fraction of sp³-hybridized carbons (Fsp3) is 0.111. The van der Waals surface area contributed by atoms with Gasteiger partial charge in [-0.05, 0) is 24.6 Å². The second kappa shape index (κ2) is 3.31. The van der Waals surface area contributed by atoms with Crippen LogP contribution in [0.3, 0.4) is 0 Å². The van der Waals surface area contributed by atoms with Crippen molar-refractivity contribution in [3.8, 4) is 5.92 Å². The number of rotatable bonds is 0. The fourth-order valence-electron chi connectivity index (χ4n) is 0.793. The van der Waals surface area contributed by atoms with E-state index in [1.165, 1.54) is 0 Å². The Morgan fingerprint density at radius 2 is 1.92 bits per heavy atom. The Hall–Kier alpha value is -1.14. The normalized spacial score (nSPS) is 11.0. The van der Waals surface area contributed by atoms with Crippen LogP contribution in [0.5, 0.6) is 0 Å². The molecule has 0 saturated heterocycles. The summed E-state index contributed by atoms with van der Waals surface area (Å²) in [6.45, 7) is 0. The minimum atomic E-state index is -4.40. The monoisotopic (exact) mass is 203 g/mol. The van der Waals surface area contributed by atoms with Crippen LogP contribution in [0, 0.1) is 12.3 Å². The number of benzene rings is 1. The molecule has 0 N–H and O–H groups in total. The lowest BCUT2D eigenvalue weighted by atomic mass is 10.1. The van der Waals surface area contributed by atoms with Gasteiger partial charge in [-0.15, -0.1) is 0 Å². The van der Waals surface area contributed by atoms with E-state index in [1.54, 1.807) is 0 Å². The smallest absolute Gasteiger partial charge is 0.166 e. The van der Waals surface area contributed by atoms with E-state index in [0.29, 0.717) is 0 Å². The van der Waals surface area contributed by atoms with Gasteiger partial charge in [0.1, 0.15) is 0 Å². The van der Waals surface area contributed by atoms with E-state index < -0.39 is 11.7 Å². The molecule has 4 heteroatoms. The highest BCUT2D eigenvalue weighted by molar-refractivity contribution is 6.31. The molecule has 0 bridgehead atoms. The van der Waals surface area contributed by atoms with Crippen LogP contribution in [0.15, 0.2) is 18.2 Å². The second-order valence-electron chi connectivity index (χ2n) is 2.32. The summed E-state index contributed by atoms with van der Waals surface area (Å²) >= 11 is 5.45. The number of hydrogen-bond donors (Lipinski definition) is 0. The van der Waals surface area contributed by atoms with Crippen molar-refractivity contribution >= 4 is 11.6 Å². The zero-order valence-electron chi connectivity index (χ0n) is 6.24. The second-order valence-corrected chi connectivity index (χ2v) is 2.72. The molecule has 0 atom stereocenters. The van der Waals surface area contributed by atoms with Gasteiger partial charge in [0.05, 0.1) is 10.6 Å².